The number of amides is 1. The number of nitrogens with one attached hydrogen (secondary N) is 1. The number of carbonyl (C=O) groups is 1. The van der Waals surface area contributed by atoms with Gasteiger partial charge in [0.1, 0.15) is 0 Å². The summed E-state index contributed by atoms with van der Waals surface area (Å²) in [6.07, 6.45) is 5.90. The zero-order valence-corrected chi connectivity index (χ0v) is 8.07. The molecule has 0 aliphatic carbocycles. The molecule has 1 radical (unpaired) electrons. The van der Waals surface area contributed by atoms with Crippen LogP contribution in [-0.4, -0.2) is 12.5 Å². The predicted octanol–water partition coefficient (Wildman–Crippen LogP) is 2.30. The van der Waals surface area contributed by atoms with Gasteiger partial charge in [0, 0.05) is 13.0 Å². The molecule has 0 heterocycles. The van der Waals surface area contributed by atoms with E-state index >= 15 is 0 Å². The molecule has 0 bridgehead atoms. The largest absolute Gasteiger partial charge is 0.356 e. The van der Waals surface area contributed by atoms with Crippen molar-refractivity contribution in [2.45, 2.75) is 45.4 Å². The van der Waals surface area contributed by atoms with Crippen molar-refractivity contribution in [3.05, 3.63) is 6.92 Å². The summed E-state index contributed by atoms with van der Waals surface area (Å²) in [6.45, 7) is 6.65. The van der Waals surface area contributed by atoms with Crippen LogP contribution in [0.5, 0.6) is 0 Å². The summed E-state index contributed by atoms with van der Waals surface area (Å²) in [5, 5.41) is 2.89. The highest BCUT2D eigenvalue weighted by Gasteiger charge is 1.97. The van der Waals surface area contributed by atoms with E-state index in [-0.39, 0.29) is 5.91 Å². The first-order valence-electron chi connectivity index (χ1n) is 4.87. The molecule has 0 aliphatic rings. The van der Waals surface area contributed by atoms with Gasteiger partial charge < -0.3 is 5.32 Å². The van der Waals surface area contributed by atoms with Gasteiger partial charge in [0.2, 0.25) is 5.91 Å². The van der Waals surface area contributed by atoms with E-state index in [4.69, 9.17) is 0 Å². The van der Waals surface area contributed by atoms with E-state index in [1.54, 1.807) is 0 Å². The highest BCUT2D eigenvalue weighted by Crippen LogP contribution is 1.94. The fourth-order valence-electron chi connectivity index (χ4n) is 0.955. The van der Waals surface area contributed by atoms with Crippen LogP contribution in [0.2, 0.25) is 0 Å². The summed E-state index contributed by atoms with van der Waals surface area (Å²) in [5.41, 5.74) is 0. The highest BCUT2D eigenvalue weighted by molar-refractivity contribution is 5.75. The van der Waals surface area contributed by atoms with Gasteiger partial charge in [0.15, 0.2) is 0 Å². The maximum absolute atomic E-state index is 11.0. The topological polar surface area (TPSA) is 29.1 Å². The van der Waals surface area contributed by atoms with Crippen LogP contribution >= 0.6 is 0 Å². The first-order valence-corrected chi connectivity index (χ1v) is 4.87. The molecule has 0 aromatic carbocycles. The van der Waals surface area contributed by atoms with Crippen molar-refractivity contribution in [1.82, 2.24) is 5.32 Å². The third-order valence-electron chi connectivity index (χ3n) is 1.76. The van der Waals surface area contributed by atoms with Gasteiger partial charge in [-0.3, -0.25) is 4.79 Å². The van der Waals surface area contributed by atoms with Gasteiger partial charge in [-0.25, -0.2) is 0 Å². The van der Waals surface area contributed by atoms with Crippen molar-refractivity contribution >= 4 is 5.91 Å². The minimum Gasteiger partial charge on any atom is -0.356 e. The van der Waals surface area contributed by atoms with Crippen molar-refractivity contribution in [2.24, 2.45) is 0 Å². The molecule has 1 N–H and O–H groups in total. The smallest absolute Gasteiger partial charge is 0.219 e. The van der Waals surface area contributed by atoms with E-state index < -0.39 is 0 Å². The molecule has 0 unspecified atom stereocenters. The summed E-state index contributed by atoms with van der Waals surface area (Å²) >= 11 is 0. The second-order valence-electron chi connectivity index (χ2n) is 3.01. The zero-order chi connectivity index (χ0) is 9.23. The number of hydrogen-bond acceptors (Lipinski definition) is 1. The Labute approximate surface area is 75.7 Å². The molecule has 0 aliphatic heterocycles. The maximum Gasteiger partial charge on any atom is 0.219 e. The summed E-state index contributed by atoms with van der Waals surface area (Å²) < 4.78 is 0. The van der Waals surface area contributed by atoms with Crippen LogP contribution in [-0.2, 0) is 4.79 Å². The van der Waals surface area contributed by atoms with Crippen LogP contribution in [0.3, 0.4) is 0 Å². The van der Waals surface area contributed by atoms with Crippen LogP contribution in [0.15, 0.2) is 0 Å². The Morgan fingerprint density at radius 2 is 2.08 bits per heavy atom. The predicted molar refractivity (Wildman–Crippen MR) is 51.7 cm³/mol. The summed E-state index contributed by atoms with van der Waals surface area (Å²) in [5.74, 6) is 0.195. The van der Waals surface area contributed by atoms with Crippen LogP contribution in [0.25, 0.3) is 0 Å². The van der Waals surface area contributed by atoms with Crippen molar-refractivity contribution in [3.8, 4) is 0 Å². The molecular weight excluding hydrogens is 150 g/mol. The van der Waals surface area contributed by atoms with E-state index in [1.807, 2.05) is 0 Å². The number of rotatable bonds is 7. The van der Waals surface area contributed by atoms with Gasteiger partial charge in [-0.2, -0.15) is 0 Å². The lowest BCUT2D eigenvalue weighted by Gasteiger charge is -2.02. The first kappa shape index (κ1) is 11.5. The summed E-state index contributed by atoms with van der Waals surface area (Å²) in [4.78, 5) is 11.0. The van der Waals surface area contributed by atoms with Gasteiger partial charge in [0.05, 0.1) is 0 Å². The molecule has 0 atom stereocenters. The average molecular weight is 170 g/mol. The molecule has 0 aromatic heterocycles. The SMILES string of the molecule is [CH2]CCCCNC(=O)CCCC. The molecule has 0 fully saturated rings. The van der Waals surface area contributed by atoms with Gasteiger partial charge in [0.25, 0.3) is 0 Å². The summed E-state index contributed by atoms with van der Waals surface area (Å²) in [6, 6.07) is 0. The van der Waals surface area contributed by atoms with Gasteiger partial charge in [-0.15, -0.1) is 0 Å². The van der Waals surface area contributed by atoms with Gasteiger partial charge >= 0.3 is 0 Å². The standard InChI is InChI=1S/C10H20NO/c1-3-5-7-9-11-10(12)8-6-4-2/h1,3-9H2,2H3,(H,11,12). The van der Waals surface area contributed by atoms with Gasteiger partial charge in [-0.1, -0.05) is 33.1 Å². The minimum atomic E-state index is 0.195. The molecule has 1 amide bonds. The molecule has 0 rings (SSSR count). The Morgan fingerprint density at radius 1 is 1.33 bits per heavy atom. The van der Waals surface area contributed by atoms with Crippen LogP contribution < -0.4 is 5.32 Å². The monoisotopic (exact) mass is 170 g/mol. The third-order valence-corrected chi connectivity index (χ3v) is 1.76. The van der Waals surface area contributed by atoms with Crippen molar-refractivity contribution in [2.75, 3.05) is 6.54 Å². The Hall–Kier alpha value is -0.530. The van der Waals surface area contributed by atoms with Crippen molar-refractivity contribution in [1.29, 1.82) is 0 Å². The molecule has 0 saturated heterocycles. The first-order chi connectivity index (χ1) is 5.81. The molecule has 2 heteroatoms. The van der Waals surface area contributed by atoms with E-state index in [0.29, 0.717) is 6.42 Å². The third kappa shape index (κ3) is 7.58. The Morgan fingerprint density at radius 3 is 2.67 bits per heavy atom. The van der Waals surface area contributed by atoms with E-state index in [2.05, 4.69) is 19.2 Å². The lowest BCUT2D eigenvalue weighted by atomic mass is 10.2. The second-order valence-corrected chi connectivity index (χ2v) is 3.01. The van der Waals surface area contributed by atoms with Crippen molar-refractivity contribution < 1.29 is 4.79 Å². The molecule has 0 aromatic rings. The van der Waals surface area contributed by atoms with E-state index in [9.17, 15) is 4.79 Å². The second kappa shape index (κ2) is 8.57. The highest BCUT2D eigenvalue weighted by atomic mass is 16.1. The van der Waals surface area contributed by atoms with Gasteiger partial charge in [-0.05, 0) is 12.8 Å². The molecular formula is C10H20NO. The number of carbonyl (C=O) groups excluding carboxylic acids is 1. The minimum absolute atomic E-state index is 0.195. The fraction of sp³-hybridized carbons (Fsp3) is 0.800. The maximum atomic E-state index is 11.0. The lowest BCUT2D eigenvalue weighted by molar-refractivity contribution is -0.121. The van der Waals surface area contributed by atoms with Crippen LogP contribution in [0.4, 0.5) is 0 Å². The molecule has 71 valence electrons. The Bertz CT molecular complexity index is 112. The molecule has 12 heavy (non-hydrogen) atoms. The normalized spacial score (nSPS) is 9.83. The molecule has 0 saturated carbocycles. The lowest BCUT2D eigenvalue weighted by Crippen LogP contribution is -2.23. The quantitative estimate of drug-likeness (QED) is 0.584. The average Bonchev–Trinajstić information content (AvgIpc) is 2.09. The zero-order valence-electron chi connectivity index (χ0n) is 8.07. The van der Waals surface area contributed by atoms with Crippen LogP contribution in [0, 0.1) is 6.92 Å². The molecule has 0 spiro atoms. The number of unbranched alkanes of at least 4 members (excludes halogenated alkanes) is 3. The number of hydrogen-bond donors (Lipinski definition) is 1. The van der Waals surface area contributed by atoms with E-state index in [0.717, 1.165) is 38.6 Å². The van der Waals surface area contributed by atoms with E-state index in [1.165, 1.54) is 0 Å². The van der Waals surface area contributed by atoms with Crippen LogP contribution in [0.1, 0.15) is 45.4 Å². The molecule has 2 nitrogen and oxygen atoms in total. The fourth-order valence-corrected chi connectivity index (χ4v) is 0.955. The Kier molecular flexibility index (Phi) is 8.19. The Balaban J connectivity index is 3.08. The summed E-state index contributed by atoms with van der Waals surface area (Å²) in [7, 11) is 0. The van der Waals surface area contributed by atoms with Crippen molar-refractivity contribution in [3.63, 3.8) is 0 Å².